The van der Waals surface area contributed by atoms with Crippen LogP contribution in [0.1, 0.15) is 25.3 Å². The van der Waals surface area contributed by atoms with Gasteiger partial charge in [-0.25, -0.2) is 4.79 Å². The van der Waals surface area contributed by atoms with Crippen molar-refractivity contribution in [3.63, 3.8) is 0 Å². The molecule has 0 atom stereocenters. The summed E-state index contributed by atoms with van der Waals surface area (Å²) in [7, 11) is 1.83. The smallest absolute Gasteiger partial charge is 0.319 e. The second kappa shape index (κ2) is 8.49. The Bertz CT molecular complexity index is 351. The van der Waals surface area contributed by atoms with Gasteiger partial charge in [0, 0.05) is 18.8 Å². The molecule has 0 aliphatic heterocycles. The molecule has 4 N–H and O–H groups in total. The Kier molecular flexibility index (Phi) is 6.83. The van der Waals surface area contributed by atoms with Gasteiger partial charge in [-0.1, -0.05) is 25.5 Å². The van der Waals surface area contributed by atoms with Crippen molar-refractivity contribution in [2.24, 2.45) is 0 Å². The maximum absolute atomic E-state index is 11.5. The number of unbranched alkanes of at least 4 members (excludes halogenated alkanes) is 1. The average molecular weight is 250 g/mol. The zero-order chi connectivity index (χ0) is 13.2. The molecule has 0 saturated heterocycles. The number of hydrogen-bond donors (Lipinski definition) is 4. The number of nitrogens with one attached hydrogen (secondary N) is 4. The number of hydrogen-bond acceptors (Lipinski definition) is 3. The molecule has 0 saturated carbocycles. The fraction of sp³-hybridized carbons (Fsp3) is 0.462. The van der Waals surface area contributed by atoms with Crippen LogP contribution in [0.4, 0.5) is 10.5 Å². The van der Waals surface area contributed by atoms with Gasteiger partial charge in [-0.2, -0.15) is 0 Å². The molecule has 5 heteroatoms. The van der Waals surface area contributed by atoms with Gasteiger partial charge in [0.05, 0.1) is 0 Å². The van der Waals surface area contributed by atoms with E-state index < -0.39 is 0 Å². The molecule has 1 aromatic rings. The van der Waals surface area contributed by atoms with Gasteiger partial charge in [0.15, 0.2) is 0 Å². The number of carbonyl (C=O) groups is 1. The van der Waals surface area contributed by atoms with Crippen molar-refractivity contribution >= 4 is 11.7 Å². The lowest BCUT2D eigenvalue weighted by Gasteiger charge is -2.08. The SMILES string of the molecule is CCCCNC(=O)Nc1ccc(CNNC)cc1. The molecule has 0 aliphatic carbocycles. The van der Waals surface area contributed by atoms with Crippen LogP contribution in [-0.2, 0) is 6.54 Å². The highest BCUT2D eigenvalue weighted by Crippen LogP contribution is 2.09. The summed E-state index contributed by atoms with van der Waals surface area (Å²) in [5, 5.41) is 5.61. The predicted octanol–water partition coefficient (Wildman–Crippen LogP) is 1.83. The molecule has 1 aromatic carbocycles. The number of amides is 2. The minimum absolute atomic E-state index is 0.149. The maximum atomic E-state index is 11.5. The van der Waals surface area contributed by atoms with Crippen molar-refractivity contribution in [3.8, 4) is 0 Å². The van der Waals surface area contributed by atoms with Gasteiger partial charge < -0.3 is 10.6 Å². The van der Waals surface area contributed by atoms with Crippen LogP contribution in [0.25, 0.3) is 0 Å². The van der Waals surface area contributed by atoms with Crippen LogP contribution >= 0.6 is 0 Å². The molecule has 100 valence electrons. The average Bonchev–Trinajstić information content (AvgIpc) is 2.38. The van der Waals surface area contributed by atoms with E-state index in [9.17, 15) is 4.79 Å². The lowest BCUT2D eigenvalue weighted by atomic mass is 10.2. The van der Waals surface area contributed by atoms with Crippen LogP contribution in [0.15, 0.2) is 24.3 Å². The standard InChI is InChI=1S/C13H22N4O/c1-3-4-9-15-13(18)17-12-7-5-11(6-8-12)10-16-14-2/h5-8,14,16H,3-4,9-10H2,1-2H3,(H2,15,17,18). The summed E-state index contributed by atoms with van der Waals surface area (Å²) in [5.41, 5.74) is 7.83. The first kappa shape index (κ1) is 14.5. The van der Waals surface area contributed by atoms with E-state index in [1.165, 1.54) is 0 Å². The molecule has 0 aromatic heterocycles. The monoisotopic (exact) mass is 250 g/mol. The van der Waals surface area contributed by atoms with Gasteiger partial charge in [-0.3, -0.25) is 10.9 Å². The molecule has 0 bridgehead atoms. The second-order valence-electron chi connectivity index (χ2n) is 4.03. The first-order valence-electron chi connectivity index (χ1n) is 6.29. The topological polar surface area (TPSA) is 65.2 Å². The van der Waals surface area contributed by atoms with E-state index in [1.807, 2.05) is 31.3 Å². The molecule has 2 amide bonds. The number of carbonyl (C=O) groups excluding carboxylic acids is 1. The highest BCUT2D eigenvalue weighted by molar-refractivity contribution is 5.89. The summed E-state index contributed by atoms with van der Waals surface area (Å²) in [6.45, 7) is 3.56. The quantitative estimate of drug-likeness (QED) is 0.441. The first-order chi connectivity index (χ1) is 8.76. The fourth-order valence-corrected chi connectivity index (χ4v) is 1.45. The first-order valence-corrected chi connectivity index (χ1v) is 6.29. The van der Waals surface area contributed by atoms with E-state index in [0.29, 0.717) is 6.54 Å². The lowest BCUT2D eigenvalue weighted by molar-refractivity contribution is 0.252. The van der Waals surface area contributed by atoms with Gasteiger partial charge in [0.25, 0.3) is 0 Å². The summed E-state index contributed by atoms with van der Waals surface area (Å²) in [6, 6.07) is 7.60. The van der Waals surface area contributed by atoms with Gasteiger partial charge in [-0.05, 0) is 31.2 Å². The predicted molar refractivity (Wildman–Crippen MR) is 74.3 cm³/mol. The summed E-state index contributed by atoms with van der Waals surface area (Å²) in [5.74, 6) is 0. The zero-order valence-corrected chi connectivity index (χ0v) is 11.0. The minimum atomic E-state index is -0.149. The van der Waals surface area contributed by atoms with Crippen LogP contribution in [0.2, 0.25) is 0 Å². The maximum Gasteiger partial charge on any atom is 0.319 e. The van der Waals surface area contributed by atoms with E-state index in [4.69, 9.17) is 0 Å². The van der Waals surface area contributed by atoms with Crippen molar-refractivity contribution in [2.45, 2.75) is 26.3 Å². The van der Waals surface area contributed by atoms with Gasteiger partial charge in [0.2, 0.25) is 0 Å². The largest absolute Gasteiger partial charge is 0.338 e. The fourth-order valence-electron chi connectivity index (χ4n) is 1.45. The van der Waals surface area contributed by atoms with Crippen molar-refractivity contribution < 1.29 is 4.79 Å². The third kappa shape index (κ3) is 5.65. The van der Waals surface area contributed by atoms with Gasteiger partial charge in [0.1, 0.15) is 0 Å². The van der Waals surface area contributed by atoms with Gasteiger partial charge >= 0.3 is 6.03 Å². The van der Waals surface area contributed by atoms with Crippen molar-refractivity contribution in [1.82, 2.24) is 16.2 Å². The van der Waals surface area contributed by atoms with Crippen LogP contribution < -0.4 is 21.5 Å². The molecule has 18 heavy (non-hydrogen) atoms. The Morgan fingerprint density at radius 2 is 1.94 bits per heavy atom. The highest BCUT2D eigenvalue weighted by Gasteiger charge is 2.00. The molecule has 5 nitrogen and oxygen atoms in total. The minimum Gasteiger partial charge on any atom is -0.338 e. The highest BCUT2D eigenvalue weighted by atomic mass is 16.2. The summed E-state index contributed by atoms with van der Waals surface area (Å²) in [4.78, 5) is 11.5. The molecule has 0 radical (unpaired) electrons. The van der Waals surface area contributed by atoms with E-state index in [1.54, 1.807) is 0 Å². The molecule has 0 unspecified atom stereocenters. The normalized spacial score (nSPS) is 10.1. The van der Waals surface area contributed by atoms with E-state index in [2.05, 4.69) is 28.4 Å². The number of anilines is 1. The van der Waals surface area contributed by atoms with Crippen LogP contribution in [0.3, 0.4) is 0 Å². The Morgan fingerprint density at radius 3 is 2.56 bits per heavy atom. The van der Waals surface area contributed by atoms with Crippen LogP contribution in [-0.4, -0.2) is 19.6 Å². The molecular weight excluding hydrogens is 228 g/mol. The molecule has 0 heterocycles. The van der Waals surface area contributed by atoms with Crippen LogP contribution in [0.5, 0.6) is 0 Å². The molecule has 0 fully saturated rings. The van der Waals surface area contributed by atoms with Crippen molar-refractivity contribution in [1.29, 1.82) is 0 Å². The van der Waals surface area contributed by atoms with E-state index in [0.717, 1.165) is 30.6 Å². The zero-order valence-electron chi connectivity index (χ0n) is 11.0. The van der Waals surface area contributed by atoms with Crippen molar-refractivity contribution in [3.05, 3.63) is 29.8 Å². The molecular formula is C13H22N4O. The molecule has 0 aliphatic rings. The van der Waals surface area contributed by atoms with E-state index in [-0.39, 0.29) is 6.03 Å². The second-order valence-corrected chi connectivity index (χ2v) is 4.03. The Hall–Kier alpha value is -1.59. The van der Waals surface area contributed by atoms with Crippen molar-refractivity contribution in [2.75, 3.05) is 18.9 Å². The van der Waals surface area contributed by atoms with Crippen LogP contribution in [0, 0.1) is 0 Å². The number of benzene rings is 1. The summed E-state index contributed by atoms with van der Waals surface area (Å²) in [6.07, 6.45) is 2.08. The number of urea groups is 1. The van der Waals surface area contributed by atoms with Gasteiger partial charge in [-0.15, -0.1) is 0 Å². The molecule has 0 spiro atoms. The number of rotatable bonds is 7. The Balaban J connectivity index is 2.35. The third-order valence-corrected chi connectivity index (χ3v) is 2.50. The third-order valence-electron chi connectivity index (χ3n) is 2.50. The number of hydrazine groups is 1. The Labute approximate surface area is 108 Å². The Morgan fingerprint density at radius 1 is 1.22 bits per heavy atom. The molecule has 1 rings (SSSR count). The summed E-state index contributed by atoms with van der Waals surface area (Å²) >= 11 is 0. The lowest BCUT2D eigenvalue weighted by Crippen LogP contribution is -2.29. The summed E-state index contributed by atoms with van der Waals surface area (Å²) < 4.78 is 0. The van der Waals surface area contributed by atoms with E-state index >= 15 is 0 Å².